The van der Waals surface area contributed by atoms with E-state index in [9.17, 15) is 9.59 Å². The molecule has 1 aliphatic carbocycles. The topological polar surface area (TPSA) is 49.4 Å². The Kier molecular flexibility index (Phi) is 3.00. The molecule has 1 saturated carbocycles. The Labute approximate surface area is 115 Å². The highest BCUT2D eigenvalue weighted by Crippen LogP contribution is 2.68. The lowest BCUT2D eigenvalue weighted by Gasteiger charge is -2.39. The van der Waals surface area contributed by atoms with Crippen molar-refractivity contribution in [3.8, 4) is 0 Å². The molecule has 0 aromatic rings. The molecule has 1 unspecified atom stereocenters. The number of hydrogen-bond donors (Lipinski definition) is 1. The van der Waals surface area contributed by atoms with Gasteiger partial charge in [0.2, 0.25) is 11.8 Å². The monoisotopic (exact) mass is 266 g/mol. The van der Waals surface area contributed by atoms with E-state index < -0.39 is 5.54 Å². The lowest BCUT2D eigenvalue weighted by Crippen LogP contribution is -2.65. The van der Waals surface area contributed by atoms with E-state index in [4.69, 9.17) is 0 Å². The normalized spacial score (nSPS) is 33.3. The SMILES string of the molecule is CCC1(C)NC(=O)CN(CC2C(C)(C)C2(C)C)C1=O. The maximum absolute atomic E-state index is 12.5. The van der Waals surface area contributed by atoms with Crippen LogP contribution in [0.4, 0.5) is 0 Å². The molecule has 2 fully saturated rings. The Morgan fingerprint density at radius 1 is 1.16 bits per heavy atom. The largest absolute Gasteiger partial charge is 0.340 e. The first-order valence-corrected chi connectivity index (χ1v) is 7.16. The molecule has 4 nitrogen and oxygen atoms in total. The van der Waals surface area contributed by atoms with Crippen LogP contribution in [-0.4, -0.2) is 35.3 Å². The van der Waals surface area contributed by atoms with E-state index in [0.717, 1.165) is 0 Å². The number of piperazine rings is 1. The van der Waals surface area contributed by atoms with Crippen LogP contribution < -0.4 is 5.32 Å². The Hall–Kier alpha value is -1.06. The van der Waals surface area contributed by atoms with Crippen LogP contribution in [0.2, 0.25) is 0 Å². The summed E-state index contributed by atoms with van der Waals surface area (Å²) in [4.78, 5) is 26.1. The van der Waals surface area contributed by atoms with Crippen LogP contribution in [-0.2, 0) is 9.59 Å². The van der Waals surface area contributed by atoms with E-state index in [0.29, 0.717) is 18.9 Å². The molecule has 19 heavy (non-hydrogen) atoms. The molecule has 2 aliphatic rings. The second kappa shape index (κ2) is 3.97. The Morgan fingerprint density at radius 2 is 1.68 bits per heavy atom. The fourth-order valence-corrected chi connectivity index (χ4v) is 3.39. The van der Waals surface area contributed by atoms with Crippen molar-refractivity contribution >= 4 is 11.8 Å². The van der Waals surface area contributed by atoms with Gasteiger partial charge < -0.3 is 10.2 Å². The van der Waals surface area contributed by atoms with E-state index in [-0.39, 0.29) is 29.2 Å². The zero-order valence-corrected chi connectivity index (χ0v) is 13.0. The summed E-state index contributed by atoms with van der Waals surface area (Å²) in [6.07, 6.45) is 0.630. The van der Waals surface area contributed by atoms with Crippen LogP contribution in [0, 0.1) is 16.7 Å². The lowest BCUT2D eigenvalue weighted by molar-refractivity contribution is -0.149. The van der Waals surface area contributed by atoms with Crippen molar-refractivity contribution < 1.29 is 9.59 Å². The highest BCUT2D eigenvalue weighted by molar-refractivity contribution is 5.97. The fourth-order valence-electron chi connectivity index (χ4n) is 3.39. The second-order valence-electron chi connectivity index (χ2n) is 7.42. The van der Waals surface area contributed by atoms with Gasteiger partial charge in [-0.15, -0.1) is 0 Å². The second-order valence-corrected chi connectivity index (χ2v) is 7.42. The van der Waals surface area contributed by atoms with Crippen LogP contribution >= 0.6 is 0 Å². The van der Waals surface area contributed by atoms with Crippen molar-refractivity contribution in [1.82, 2.24) is 10.2 Å². The van der Waals surface area contributed by atoms with Crippen molar-refractivity contribution in [1.29, 1.82) is 0 Å². The zero-order valence-electron chi connectivity index (χ0n) is 13.0. The number of nitrogens with one attached hydrogen (secondary N) is 1. The molecule has 2 rings (SSSR count). The number of nitrogens with zero attached hydrogens (tertiary/aromatic N) is 1. The van der Waals surface area contributed by atoms with Gasteiger partial charge in [-0.3, -0.25) is 9.59 Å². The molecular formula is C15H26N2O2. The molecule has 0 radical (unpaired) electrons. The van der Waals surface area contributed by atoms with E-state index in [1.54, 1.807) is 4.90 Å². The van der Waals surface area contributed by atoms with E-state index in [1.165, 1.54) is 0 Å². The van der Waals surface area contributed by atoms with Crippen LogP contribution in [0.15, 0.2) is 0 Å². The van der Waals surface area contributed by atoms with Crippen LogP contribution in [0.5, 0.6) is 0 Å². The molecule has 1 atom stereocenters. The molecular weight excluding hydrogens is 240 g/mol. The summed E-state index contributed by atoms with van der Waals surface area (Å²) in [6.45, 7) is 13.6. The van der Waals surface area contributed by atoms with Crippen molar-refractivity contribution in [2.75, 3.05) is 13.1 Å². The molecule has 108 valence electrons. The zero-order chi connectivity index (χ0) is 14.6. The third-order valence-corrected chi connectivity index (χ3v) is 5.94. The molecule has 1 aliphatic heterocycles. The molecule has 4 heteroatoms. The maximum atomic E-state index is 12.5. The molecule has 0 aromatic heterocycles. The molecule has 2 amide bonds. The minimum Gasteiger partial charge on any atom is -0.340 e. The number of amides is 2. The third kappa shape index (κ3) is 1.96. The van der Waals surface area contributed by atoms with Crippen molar-refractivity contribution in [3.63, 3.8) is 0 Å². The lowest BCUT2D eigenvalue weighted by atomic mass is 9.94. The van der Waals surface area contributed by atoms with Crippen molar-refractivity contribution in [2.45, 2.75) is 53.5 Å². The molecule has 0 bridgehead atoms. The van der Waals surface area contributed by atoms with Gasteiger partial charge in [0.1, 0.15) is 5.54 Å². The van der Waals surface area contributed by atoms with E-state index >= 15 is 0 Å². The first-order valence-electron chi connectivity index (χ1n) is 7.16. The van der Waals surface area contributed by atoms with Crippen LogP contribution in [0.25, 0.3) is 0 Å². The molecule has 1 saturated heterocycles. The fraction of sp³-hybridized carbons (Fsp3) is 0.867. The van der Waals surface area contributed by atoms with Gasteiger partial charge >= 0.3 is 0 Å². The quantitative estimate of drug-likeness (QED) is 0.846. The Balaban J connectivity index is 2.13. The van der Waals surface area contributed by atoms with Crippen molar-refractivity contribution in [3.05, 3.63) is 0 Å². The van der Waals surface area contributed by atoms with Gasteiger partial charge in [-0.1, -0.05) is 34.6 Å². The summed E-state index contributed by atoms with van der Waals surface area (Å²) in [7, 11) is 0. The summed E-state index contributed by atoms with van der Waals surface area (Å²) >= 11 is 0. The van der Waals surface area contributed by atoms with Crippen LogP contribution in [0.1, 0.15) is 48.0 Å². The molecule has 1 heterocycles. The van der Waals surface area contributed by atoms with Gasteiger partial charge in [0.05, 0.1) is 6.54 Å². The first kappa shape index (κ1) is 14.4. The van der Waals surface area contributed by atoms with Gasteiger partial charge in [0.25, 0.3) is 0 Å². The first-order chi connectivity index (χ1) is 8.56. The van der Waals surface area contributed by atoms with Crippen molar-refractivity contribution in [2.24, 2.45) is 16.7 Å². The highest BCUT2D eigenvalue weighted by atomic mass is 16.2. The summed E-state index contributed by atoms with van der Waals surface area (Å²) < 4.78 is 0. The predicted molar refractivity (Wildman–Crippen MR) is 74.5 cm³/mol. The molecule has 1 N–H and O–H groups in total. The minimum atomic E-state index is -0.724. The van der Waals surface area contributed by atoms with Gasteiger partial charge in [-0.05, 0) is 30.1 Å². The number of rotatable bonds is 3. The summed E-state index contributed by atoms with van der Waals surface area (Å²) in [5.41, 5.74) is -0.244. The van der Waals surface area contributed by atoms with E-state index in [2.05, 4.69) is 33.0 Å². The van der Waals surface area contributed by atoms with Gasteiger partial charge in [0.15, 0.2) is 0 Å². The van der Waals surface area contributed by atoms with E-state index in [1.807, 2.05) is 13.8 Å². The van der Waals surface area contributed by atoms with Gasteiger partial charge in [0, 0.05) is 6.54 Å². The standard InChI is InChI=1S/C15H26N2O2/c1-7-15(6)12(19)17(9-11(18)16-15)8-10-13(2,3)14(10,4)5/h10H,7-9H2,1-6H3,(H,16,18). The summed E-state index contributed by atoms with van der Waals surface area (Å²) in [5, 5.41) is 2.83. The maximum Gasteiger partial charge on any atom is 0.248 e. The highest BCUT2D eigenvalue weighted by Gasteiger charge is 2.65. The third-order valence-electron chi connectivity index (χ3n) is 5.94. The number of hydrogen-bond acceptors (Lipinski definition) is 2. The molecule has 0 aromatic carbocycles. The summed E-state index contributed by atoms with van der Waals surface area (Å²) in [6, 6.07) is 0. The summed E-state index contributed by atoms with van der Waals surface area (Å²) in [5.74, 6) is 0.490. The average molecular weight is 266 g/mol. The Morgan fingerprint density at radius 3 is 2.11 bits per heavy atom. The van der Waals surface area contributed by atoms with Gasteiger partial charge in [-0.25, -0.2) is 0 Å². The minimum absolute atomic E-state index is 0.0415. The Bertz CT molecular complexity index is 414. The number of carbonyl (C=O) groups is 2. The number of carbonyl (C=O) groups excluding carboxylic acids is 2. The smallest absolute Gasteiger partial charge is 0.248 e. The van der Waals surface area contributed by atoms with Gasteiger partial charge in [-0.2, -0.15) is 0 Å². The van der Waals surface area contributed by atoms with Crippen LogP contribution in [0.3, 0.4) is 0 Å². The molecule has 0 spiro atoms. The average Bonchev–Trinajstić information content (AvgIpc) is 2.67. The predicted octanol–water partition coefficient (Wildman–Crippen LogP) is 1.80.